The van der Waals surface area contributed by atoms with Gasteiger partial charge in [-0.3, -0.25) is 0 Å². The lowest BCUT2D eigenvalue weighted by Gasteiger charge is -2.23. The second-order valence-electron chi connectivity index (χ2n) is 3.45. The molecular weight excluding hydrogens is 182 g/mol. The molecule has 1 unspecified atom stereocenters. The Morgan fingerprint density at radius 2 is 2.54 bits per heavy atom. The standard InChI is InChI=1S/C9H13N3S/c10-4-6-2-1-3-7-5-11-9(13)12-8(6)7/h5-6H,1-4,10H2,(H,11,12,13). The molecule has 0 radical (unpaired) electrons. The summed E-state index contributed by atoms with van der Waals surface area (Å²) < 4.78 is 0.569. The van der Waals surface area contributed by atoms with Crippen LogP contribution in [0.5, 0.6) is 0 Å². The van der Waals surface area contributed by atoms with E-state index in [1.54, 1.807) is 0 Å². The number of aromatic nitrogens is 2. The van der Waals surface area contributed by atoms with E-state index in [0.717, 1.165) is 6.42 Å². The summed E-state index contributed by atoms with van der Waals surface area (Å²) in [6.07, 6.45) is 5.36. The Labute approximate surface area is 82.4 Å². The average molecular weight is 195 g/mol. The minimum Gasteiger partial charge on any atom is -0.334 e. The molecule has 0 bridgehead atoms. The van der Waals surface area contributed by atoms with Crippen LogP contribution in [0.25, 0.3) is 0 Å². The fourth-order valence-electron chi connectivity index (χ4n) is 1.92. The van der Waals surface area contributed by atoms with Crippen LogP contribution in [0.3, 0.4) is 0 Å². The van der Waals surface area contributed by atoms with Gasteiger partial charge in [0.25, 0.3) is 0 Å². The summed E-state index contributed by atoms with van der Waals surface area (Å²) in [4.78, 5) is 7.23. The van der Waals surface area contributed by atoms with Crippen LogP contribution in [0.2, 0.25) is 0 Å². The van der Waals surface area contributed by atoms with E-state index < -0.39 is 0 Å². The Kier molecular flexibility index (Phi) is 2.42. The molecule has 0 saturated carbocycles. The van der Waals surface area contributed by atoms with Gasteiger partial charge >= 0.3 is 0 Å². The van der Waals surface area contributed by atoms with E-state index >= 15 is 0 Å². The normalized spacial score (nSPS) is 21.2. The van der Waals surface area contributed by atoms with Crippen molar-refractivity contribution in [1.82, 2.24) is 9.97 Å². The fraction of sp³-hybridized carbons (Fsp3) is 0.556. The van der Waals surface area contributed by atoms with Gasteiger partial charge in [-0.1, -0.05) is 0 Å². The Balaban J connectivity index is 2.47. The summed E-state index contributed by atoms with van der Waals surface area (Å²) in [5, 5.41) is 0. The van der Waals surface area contributed by atoms with Gasteiger partial charge < -0.3 is 10.7 Å². The number of hydrogen-bond acceptors (Lipinski definition) is 3. The van der Waals surface area contributed by atoms with Crippen LogP contribution in [-0.2, 0) is 6.42 Å². The van der Waals surface area contributed by atoms with Crippen LogP contribution in [-0.4, -0.2) is 16.5 Å². The zero-order valence-corrected chi connectivity index (χ0v) is 8.23. The van der Waals surface area contributed by atoms with Crippen molar-refractivity contribution in [2.75, 3.05) is 6.54 Å². The molecule has 0 saturated heterocycles. The number of fused-ring (bicyclic) bond motifs is 1. The zero-order chi connectivity index (χ0) is 9.26. The average Bonchev–Trinajstić information content (AvgIpc) is 2.17. The van der Waals surface area contributed by atoms with Crippen molar-refractivity contribution in [3.63, 3.8) is 0 Å². The molecule has 1 aliphatic rings. The molecule has 3 nitrogen and oxygen atoms in total. The highest BCUT2D eigenvalue weighted by Gasteiger charge is 2.19. The Hall–Kier alpha value is -0.740. The summed E-state index contributed by atoms with van der Waals surface area (Å²) in [5.41, 5.74) is 8.20. The van der Waals surface area contributed by atoms with Crippen LogP contribution in [0.1, 0.15) is 30.0 Å². The number of aryl methyl sites for hydroxylation is 1. The topological polar surface area (TPSA) is 54.7 Å². The molecule has 0 aromatic carbocycles. The lowest BCUT2D eigenvalue weighted by Crippen LogP contribution is -2.20. The lowest BCUT2D eigenvalue weighted by molar-refractivity contribution is 0.541. The van der Waals surface area contributed by atoms with Crippen LogP contribution >= 0.6 is 12.2 Å². The maximum atomic E-state index is 5.69. The molecule has 0 amide bonds. The van der Waals surface area contributed by atoms with Crippen LogP contribution < -0.4 is 5.73 Å². The number of nitrogens with two attached hydrogens (primary N) is 1. The molecule has 0 fully saturated rings. The molecule has 0 spiro atoms. The SMILES string of the molecule is NCC1CCCc2cnc(=S)[nH]c21. The molecule has 4 heteroatoms. The highest BCUT2D eigenvalue weighted by atomic mass is 32.1. The summed E-state index contributed by atoms with van der Waals surface area (Å²) >= 11 is 4.99. The zero-order valence-electron chi connectivity index (χ0n) is 7.42. The summed E-state index contributed by atoms with van der Waals surface area (Å²) in [5.74, 6) is 0.452. The van der Waals surface area contributed by atoms with E-state index in [1.807, 2.05) is 6.20 Å². The van der Waals surface area contributed by atoms with Crippen molar-refractivity contribution < 1.29 is 0 Å². The molecule has 1 atom stereocenters. The molecular formula is C9H13N3S. The van der Waals surface area contributed by atoms with Crippen LogP contribution in [0.15, 0.2) is 6.20 Å². The predicted molar refractivity (Wildman–Crippen MR) is 54.2 cm³/mol. The van der Waals surface area contributed by atoms with Gasteiger partial charge in [-0.05, 0) is 37.0 Å². The first kappa shape index (κ1) is 8.84. The molecule has 1 aromatic heterocycles. The fourth-order valence-corrected chi connectivity index (χ4v) is 2.08. The molecule has 2 rings (SSSR count). The second-order valence-corrected chi connectivity index (χ2v) is 3.84. The van der Waals surface area contributed by atoms with Gasteiger partial charge in [-0.25, -0.2) is 4.98 Å². The van der Waals surface area contributed by atoms with Crippen LogP contribution in [0, 0.1) is 4.77 Å². The Bertz CT molecular complexity index is 358. The Morgan fingerprint density at radius 1 is 1.69 bits per heavy atom. The number of H-pyrrole nitrogens is 1. The van der Waals surface area contributed by atoms with Gasteiger partial charge in [0.15, 0.2) is 4.77 Å². The van der Waals surface area contributed by atoms with Gasteiger partial charge in [0, 0.05) is 24.4 Å². The minimum atomic E-state index is 0.452. The predicted octanol–water partition coefficient (Wildman–Crippen LogP) is 1.52. The van der Waals surface area contributed by atoms with E-state index in [2.05, 4.69) is 9.97 Å². The van der Waals surface area contributed by atoms with Gasteiger partial charge in [-0.15, -0.1) is 0 Å². The van der Waals surface area contributed by atoms with E-state index in [4.69, 9.17) is 18.0 Å². The first-order chi connectivity index (χ1) is 6.31. The highest BCUT2D eigenvalue weighted by molar-refractivity contribution is 7.71. The molecule has 0 aliphatic heterocycles. The van der Waals surface area contributed by atoms with E-state index in [9.17, 15) is 0 Å². The number of nitrogens with one attached hydrogen (secondary N) is 1. The maximum Gasteiger partial charge on any atom is 0.196 e. The van der Waals surface area contributed by atoms with E-state index in [0.29, 0.717) is 17.2 Å². The van der Waals surface area contributed by atoms with Crippen molar-refractivity contribution in [2.45, 2.75) is 25.2 Å². The summed E-state index contributed by atoms with van der Waals surface area (Å²) in [6.45, 7) is 0.697. The molecule has 13 heavy (non-hydrogen) atoms. The maximum absolute atomic E-state index is 5.69. The largest absolute Gasteiger partial charge is 0.334 e. The monoisotopic (exact) mass is 195 g/mol. The van der Waals surface area contributed by atoms with Crippen molar-refractivity contribution >= 4 is 12.2 Å². The third kappa shape index (κ3) is 1.64. The molecule has 1 aromatic rings. The molecule has 1 aliphatic carbocycles. The first-order valence-corrected chi connectivity index (χ1v) is 5.00. The molecule has 3 N–H and O–H groups in total. The third-order valence-electron chi connectivity index (χ3n) is 2.62. The summed E-state index contributed by atoms with van der Waals surface area (Å²) in [6, 6.07) is 0. The van der Waals surface area contributed by atoms with Gasteiger partial charge in [-0.2, -0.15) is 0 Å². The lowest BCUT2D eigenvalue weighted by atomic mass is 9.87. The van der Waals surface area contributed by atoms with Crippen LogP contribution in [0.4, 0.5) is 0 Å². The number of rotatable bonds is 1. The first-order valence-electron chi connectivity index (χ1n) is 4.59. The molecule has 1 heterocycles. The molecule has 70 valence electrons. The van der Waals surface area contributed by atoms with Crippen molar-refractivity contribution in [2.24, 2.45) is 5.73 Å². The number of hydrogen-bond donors (Lipinski definition) is 2. The summed E-state index contributed by atoms with van der Waals surface area (Å²) in [7, 11) is 0. The van der Waals surface area contributed by atoms with Crippen molar-refractivity contribution in [1.29, 1.82) is 0 Å². The van der Waals surface area contributed by atoms with E-state index in [-0.39, 0.29) is 0 Å². The van der Waals surface area contributed by atoms with Gasteiger partial charge in [0.05, 0.1) is 0 Å². The minimum absolute atomic E-state index is 0.452. The smallest absolute Gasteiger partial charge is 0.196 e. The number of nitrogens with zero attached hydrogens (tertiary/aromatic N) is 1. The quantitative estimate of drug-likeness (QED) is 0.668. The van der Waals surface area contributed by atoms with Gasteiger partial charge in [0.2, 0.25) is 0 Å². The Morgan fingerprint density at radius 3 is 3.31 bits per heavy atom. The highest BCUT2D eigenvalue weighted by Crippen LogP contribution is 2.28. The third-order valence-corrected chi connectivity index (χ3v) is 2.82. The van der Waals surface area contributed by atoms with Crippen molar-refractivity contribution in [3.8, 4) is 0 Å². The second kappa shape index (κ2) is 3.55. The van der Waals surface area contributed by atoms with E-state index in [1.165, 1.54) is 24.1 Å². The number of aromatic amines is 1. The van der Waals surface area contributed by atoms with Gasteiger partial charge in [0.1, 0.15) is 0 Å². The van der Waals surface area contributed by atoms with Crippen molar-refractivity contribution in [3.05, 3.63) is 22.2 Å².